The first-order valence-corrected chi connectivity index (χ1v) is 13.0. The molecule has 0 saturated carbocycles. The van der Waals surface area contributed by atoms with Crippen LogP contribution in [0.1, 0.15) is 33.4 Å². The molecule has 39 heavy (non-hydrogen) atoms. The second kappa shape index (κ2) is 12.1. The van der Waals surface area contributed by atoms with Gasteiger partial charge in [0.25, 0.3) is 0 Å². The van der Waals surface area contributed by atoms with Crippen molar-refractivity contribution < 1.29 is 4.74 Å². The Balaban J connectivity index is 1.65. The van der Waals surface area contributed by atoms with Crippen molar-refractivity contribution in [2.24, 2.45) is 0 Å². The number of hydrogen-bond donors (Lipinski definition) is 0. The normalized spacial score (nSPS) is 11.0. The third-order valence-corrected chi connectivity index (χ3v) is 6.90. The van der Waals surface area contributed by atoms with Crippen molar-refractivity contribution in [3.05, 3.63) is 150 Å². The number of allylic oxidation sites excluding steroid dienone is 2. The van der Waals surface area contributed by atoms with E-state index in [1.165, 1.54) is 27.8 Å². The molecular formula is C35H31N3O. The predicted molar refractivity (Wildman–Crippen MR) is 160 cm³/mol. The second-order valence-corrected chi connectivity index (χ2v) is 9.44. The minimum Gasteiger partial charge on any atom is -0.497 e. The van der Waals surface area contributed by atoms with E-state index in [1.807, 2.05) is 55.4 Å². The zero-order valence-corrected chi connectivity index (χ0v) is 22.3. The Morgan fingerprint density at radius 2 is 1.46 bits per heavy atom. The lowest BCUT2D eigenvalue weighted by Gasteiger charge is -2.18. The van der Waals surface area contributed by atoms with E-state index >= 15 is 0 Å². The zero-order valence-electron chi connectivity index (χ0n) is 22.3. The molecule has 2 aromatic carbocycles. The summed E-state index contributed by atoms with van der Waals surface area (Å²) in [5.74, 6) is 0.833. The topological polar surface area (TPSA) is 47.9 Å². The van der Waals surface area contributed by atoms with Crippen molar-refractivity contribution in [3.8, 4) is 28.0 Å². The summed E-state index contributed by atoms with van der Waals surface area (Å²) in [7, 11) is 1.71. The first-order chi connectivity index (χ1) is 19.2. The number of methoxy groups -OCH3 is 1. The van der Waals surface area contributed by atoms with Crippen molar-refractivity contribution in [1.29, 1.82) is 0 Å². The number of aryl methyl sites for hydroxylation is 1. The number of hydrogen-bond acceptors (Lipinski definition) is 4. The summed E-state index contributed by atoms with van der Waals surface area (Å²) in [4.78, 5) is 13.4. The van der Waals surface area contributed by atoms with E-state index in [0.717, 1.165) is 33.6 Å². The first-order valence-electron chi connectivity index (χ1n) is 13.0. The molecule has 0 bridgehead atoms. The number of ether oxygens (including phenoxy) is 1. The van der Waals surface area contributed by atoms with Gasteiger partial charge in [0.1, 0.15) is 5.75 Å². The number of aromatic nitrogens is 3. The van der Waals surface area contributed by atoms with Gasteiger partial charge in [0.15, 0.2) is 0 Å². The van der Waals surface area contributed by atoms with Crippen molar-refractivity contribution in [2.75, 3.05) is 7.11 Å². The van der Waals surface area contributed by atoms with Crippen LogP contribution in [0.3, 0.4) is 0 Å². The third kappa shape index (κ3) is 5.86. The lowest BCUT2D eigenvalue weighted by molar-refractivity contribution is 0.414. The molecule has 5 rings (SSSR count). The fourth-order valence-corrected chi connectivity index (χ4v) is 5.01. The van der Waals surface area contributed by atoms with Crippen LogP contribution in [0.4, 0.5) is 0 Å². The van der Waals surface area contributed by atoms with E-state index in [9.17, 15) is 0 Å². The molecule has 0 amide bonds. The fourth-order valence-electron chi connectivity index (χ4n) is 5.01. The molecule has 0 spiro atoms. The van der Waals surface area contributed by atoms with E-state index in [1.54, 1.807) is 13.2 Å². The summed E-state index contributed by atoms with van der Waals surface area (Å²) in [6.07, 6.45) is 18.7. The Bertz CT molecular complexity index is 1620. The van der Waals surface area contributed by atoms with Gasteiger partial charge in [-0.05, 0) is 86.8 Å². The Morgan fingerprint density at radius 3 is 2.21 bits per heavy atom. The highest BCUT2D eigenvalue weighted by Crippen LogP contribution is 2.35. The number of nitrogens with zero attached hydrogens (tertiary/aromatic N) is 3. The molecule has 0 aliphatic carbocycles. The predicted octanol–water partition coefficient (Wildman–Crippen LogP) is 7.90. The minimum atomic E-state index is 0.704. The van der Waals surface area contributed by atoms with Crippen LogP contribution in [-0.4, -0.2) is 22.1 Å². The number of rotatable bonds is 9. The van der Waals surface area contributed by atoms with E-state index in [-0.39, 0.29) is 0 Å². The van der Waals surface area contributed by atoms with Gasteiger partial charge in [-0.15, -0.1) is 0 Å². The zero-order chi connectivity index (χ0) is 27.0. The monoisotopic (exact) mass is 509 g/mol. The van der Waals surface area contributed by atoms with Crippen LogP contribution in [-0.2, 0) is 12.8 Å². The molecule has 0 aliphatic rings. The van der Waals surface area contributed by atoms with Crippen LogP contribution in [0.5, 0.6) is 5.75 Å². The molecule has 3 aromatic heterocycles. The molecular weight excluding hydrogens is 478 g/mol. The summed E-state index contributed by atoms with van der Waals surface area (Å²) in [6, 6.07) is 21.0. The molecule has 5 aromatic rings. The Kier molecular flexibility index (Phi) is 8.03. The summed E-state index contributed by atoms with van der Waals surface area (Å²) in [5, 5.41) is 0. The summed E-state index contributed by atoms with van der Waals surface area (Å²) in [5.41, 5.74) is 11.6. The number of benzene rings is 2. The lowest BCUT2D eigenvalue weighted by Crippen LogP contribution is -2.03. The van der Waals surface area contributed by atoms with E-state index in [4.69, 9.17) is 9.72 Å². The highest BCUT2D eigenvalue weighted by atomic mass is 16.5. The van der Waals surface area contributed by atoms with Crippen LogP contribution >= 0.6 is 0 Å². The lowest BCUT2D eigenvalue weighted by atomic mass is 9.87. The van der Waals surface area contributed by atoms with Crippen molar-refractivity contribution >= 4 is 6.08 Å². The Labute approximate surface area is 230 Å². The van der Waals surface area contributed by atoms with Gasteiger partial charge in [0.2, 0.25) is 0 Å². The van der Waals surface area contributed by atoms with Gasteiger partial charge in [0.05, 0.1) is 7.11 Å². The van der Waals surface area contributed by atoms with Crippen molar-refractivity contribution in [1.82, 2.24) is 15.0 Å². The molecule has 0 radical (unpaired) electrons. The molecule has 192 valence electrons. The van der Waals surface area contributed by atoms with Crippen LogP contribution in [0.2, 0.25) is 0 Å². The smallest absolute Gasteiger partial charge is 0.119 e. The Hall–Kier alpha value is -4.83. The van der Waals surface area contributed by atoms with Gasteiger partial charge in [-0.25, -0.2) is 0 Å². The molecule has 4 heteroatoms. The Morgan fingerprint density at radius 1 is 0.744 bits per heavy atom. The molecule has 0 saturated heterocycles. The van der Waals surface area contributed by atoms with Crippen LogP contribution < -0.4 is 4.74 Å². The first kappa shape index (κ1) is 25.8. The maximum Gasteiger partial charge on any atom is 0.119 e. The van der Waals surface area contributed by atoms with Gasteiger partial charge < -0.3 is 4.74 Å². The third-order valence-electron chi connectivity index (χ3n) is 6.90. The standard InChI is InChI=1S/C35H31N3O/c1-4-5-9-26-14-16-37-22-29(26)19-31-24-38-23-30(35(31)27-10-7-6-8-11-27)18-28-20-32(39-3)12-13-34(28)33-15-17-36-21-25(33)2/h4-17,20-24H,1,18-19H2,2-3H3/b9-5+. The summed E-state index contributed by atoms with van der Waals surface area (Å²) in [6.45, 7) is 5.91. The SMILES string of the molecule is C=C/C=C/c1ccncc1Cc1cncc(Cc2cc(OC)ccc2-c2ccncc2C)c1-c1ccccc1. The maximum absolute atomic E-state index is 5.63. The van der Waals surface area contributed by atoms with Crippen molar-refractivity contribution in [3.63, 3.8) is 0 Å². The second-order valence-electron chi connectivity index (χ2n) is 9.44. The highest BCUT2D eigenvalue weighted by molar-refractivity contribution is 5.75. The van der Waals surface area contributed by atoms with Gasteiger partial charge in [-0.2, -0.15) is 0 Å². The molecule has 4 nitrogen and oxygen atoms in total. The highest BCUT2D eigenvalue weighted by Gasteiger charge is 2.17. The van der Waals surface area contributed by atoms with Gasteiger partial charge in [-0.3, -0.25) is 15.0 Å². The molecule has 0 fully saturated rings. The molecule has 0 N–H and O–H groups in total. The number of pyridine rings is 3. The van der Waals surface area contributed by atoms with Crippen LogP contribution in [0.25, 0.3) is 28.3 Å². The maximum atomic E-state index is 5.63. The molecule has 3 heterocycles. The largest absolute Gasteiger partial charge is 0.497 e. The van der Waals surface area contributed by atoms with Crippen molar-refractivity contribution in [2.45, 2.75) is 19.8 Å². The molecule has 0 atom stereocenters. The van der Waals surface area contributed by atoms with E-state index in [0.29, 0.717) is 12.8 Å². The van der Waals surface area contributed by atoms with Gasteiger partial charge in [0, 0.05) is 50.0 Å². The van der Waals surface area contributed by atoms with E-state index < -0.39 is 0 Å². The molecule has 0 unspecified atom stereocenters. The fraction of sp³-hybridized carbons (Fsp3) is 0.114. The van der Waals surface area contributed by atoms with Gasteiger partial charge in [-0.1, -0.05) is 61.2 Å². The minimum absolute atomic E-state index is 0.704. The van der Waals surface area contributed by atoms with Gasteiger partial charge >= 0.3 is 0 Å². The quantitative estimate of drug-likeness (QED) is 0.190. The van der Waals surface area contributed by atoms with E-state index in [2.05, 4.69) is 78.1 Å². The summed E-state index contributed by atoms with van der Waals surface area (Å²) >= 11 is 0. The van der Waals surface area contributed by atoms with Crippen LogP contribution in [0, 0.1) is 6.92 Å². The average molecular weight is 510 g/mol. The summed E-state index contributed by atoms with van der Waals surface area (Å²) < 4.78 is 5.63. The van der Waals surface area contributed by atoms with Crippen LogP contribution in [0.15, 0.2) is 117 Å². The average Bonchev–Trinajstić information content (AvgIpc) is 2.98. The molecule has 0 aliphatic heterocycles.